The van der Waals surface area contributed by atoms with E-state index in [1.54, 1.807) is 34.6 Å². The Morgan fingerprint density at radius 2 is 1.37 bits per heavy atom. The molecule has 8 heteroatoms. The van der Waals surface area contributed by atoms with E-state index in [2.05, 4.69) is 10.2 Å². The Bertz CT molecular complexity index is 1470. The van der Waals surface area contributed by atoms with E-state index in [0.29, 0.717) is 54.6 Å². The van der Waals surface area contributed by atoms with Gasteiger partial charge in [-0.2, -0.15) is 4.31 Å². The lowest BCUT2D eigenvalue weighted by atomic mass is 10.1. The van der Waals surface area contributed by atoms with E-state index in [9.17, 15) is 13.2 Å². The first-order chi connectivity index (χ1) is 18.5. The molecule has 4 aromatic rings. The molecule has 1 N–H and O–H groups in total. The number of carbonyl (C=O) groups is 1. The smallest absolute Gasteiger partial charge is 0.255 e. The summed E-state index contributed by atoms with van der Waals surface area (Å²) in [4.78, 5) is 15.4. The van der Waals surface area contributed by atoms with Gasteiger partial charge in [0.25, 0.3) is 5.91 Å². The van der Waals surface area contributed by atoms with Crippen molar-refractivity contribution in [2.45, 2.75) is 11.4 Å². The highest BCUT2D eigenvalue weighted by atomic mass is 32.2. The molecule has 0 aliphatic carbocycles. The van der Waals surface area contributed by atoms with Crippen LogP contribution in [-0.2, 0) is 16.6 Å². The summed E-state index contributed by atoms with van der Waals surface area (Å²) in [7, 11) is -3.48. The molecule has 0 radical (unpaired) electrons. The fraction of sp³-hybridized carbons (Fsp3) is 0.167. The summed E-state index contributed by atoms with van der Waals surface area (Å²) in [5.74, 6) is 1.25. The van der Waals surface area contributed by atoms with Gasteiger partial charge in [-0.05, 0) is 66.2 Å². The molecule has 0 unspecified atom stereocenters. The quantitative estimate of drug-likeness (QED) is 0.339. The van der Waals surface area contributed by atoms with Crippen LogP contribution in [0.15, 0.2) is 114 Å². The second-order valence-electron chi connectivity index (χ2n) is 9.09. The number of nitrogens with one attached hydrogen (secondary N) is 1. The summed E-state index contributed by atoms with van der Waals surface area (Å²) in [6, 6.07) is 32.8. The number of rotatable bonds is 8. The Morgan fingerprint density at radius 3 is 2.05 bits per heavy atom. The number of nitrogens with zero attached hydrogens (tertiary/aromatic N) is 2. The van der Waals surface area contributed by atoms with E-state index in [4.69, 9.17) is 4.74 Å². The molecule has 0 spiro atoms. The van der Waals surface area contributed by atoms with Crippen molar-refractivity contribution in [3.8, 4) is 11.5 Å². The molecule has 194 valence electrons. The molecule has 38 heavy (non-hydrogen) atoms. The van der Waals surface area contributed by atoms with Crippen LogP contribution in [0.4, 0.5) is 5.69 Å². The number of ether oxygens (including phenoxy) is 1. The van der Waals surface area contributed by atoms with E-state index < -0.39 is 10.0 Å². The molecule has 7 nitrogen and oxygen atoms in total. The van der Waals surface area contributed by atoms with Gasteiger partial charge >= 0.3 is 0 Å². The molecule has 1 heterocycles. The Hall–Kier alpha value is -3.98. The zero-order valence-corrected chi connectivity index (χ0v) is 21.7. The first-order valence-corrected chi connectivity index (χ1v) is 13.9. The highest BCUT2D eigenvalue weighted by Gasteiger charge is 2.28. The van der Waals surface area contributed by atoms with Crippen LogP contribution in [0.3, 0.4) is 0 Å². The van der Waals surface area contributed by atoms with Crippen LogP contribution in [0.2, 0.25) is 0 Å². The van der Waals surface area contributed by atoms with Crippen molar-refractivity contribution < 1.29 is 17.9 Å². The van der Waals surface area contributed by atoms with E-state index in [1.165, 1.54) is 0 Å². The fourth-order valence-electron chi connectivity index (χ4n) is 4.37. The summed E-state index contributed by atoms with van der Waals surface area (Å²) in [5, 5.41) is 2.94. The molecule has 1 amide bonds. The van der Waals surface area contributed by atoms with Gasteiger partial charge in [-0.1, -0.05) is 48.5 Å². The lowest BCUT2D eigenvalue weighted by Gasteiger charge is -2.34. The lowest BCUT2D eigenvalue weighted by Crippen LogP contribution is -2.48. The number of piperazine rings is 1. The first kappa shape index (κ1) is 25.7. The summed E-state index contributed by atoms with van der Waals surface area (Å²) in [6.07, 6.45) is 0. The van der Waals surface area contributed by atoms with Gasteiger partial charge < -0.3 is 10.1 Å². The number of amides is 1. The zero-order chi connectivity index (χ0) is 26.4. The summed E-state index contributed by atoms with van der Waals surface area (Å²) < 4.78 is 33.1. The van der Waals surface area contributed by atoms with Gasteiger partial charge in [0, 0.05) is 44.0 Å². The maximum absolute atomic E-state index is 12.9. The van der Waals surface area contributed by atoms with Gasteiger partial charge in [0.15, 0.2) is 0 Å². The van der Waals surface area contributed by atoms with Crippen molar-refractivity contribution >= 4 is 21.6 Å². The molecule has 0 atom stereocenters. The molecule has 1 fully saturated rings. The van der Waals surface area contributed by atoms with Crippen molar-refractivity contribution in [1.29, 1.82) is 0 Å². The van der Waals surface area contributed by atoms with Crippen LogP contribution in [-0.4, -0.2) is 49.7 Å². The Labute approximate surface area is 223 Å². The van der Waals surface area contributed by atoms with Gasteiger partial charge in [-0.3, -0.25) is 9.69 Å². The second kappa shape index (κ2) is 11.6. The van der Waals surface area contributed by atoms with E-state index in [1.807, 2.05) is 78.9 Å². The van der Waals surface area contributed by atoms with Crippen molar-refractivity contribution in [1.82, 2.24) is 9.21 Å². The van der Waals surface area contributed by atoms with Crippen molar-refractivity contribution in [3.63, 3.8) is 0 Å². The molecule has 0 bridgehead atoms. The second-order valence-corrected chi connectivity index (χ2v) is 11.0. The maximum Gasteiger partial charge on any atom is 0.255 e. The number of hydrogen-bond acceptors (Lipinski definition) is 5. The van der Waals surface area contributed by atoms with Crippen molar-refractivity contribution in [3.05, 3.63) is 120 Å². The minimum Gasteiger partial charge on any atom is -0.457 e. The van der Waals surface area contributed by atoms with Gasteiger partial charge in [0.1, 0.15) is 11.5 Å². The normalized spacial score (nSPS) is 14.6. The lowest BCUT2D eigenvalue weighted by molar-refractivity contribution is 0.102. The van der Waals surface area contributed by atoms with E-state index in [0.717, 1.165) is 11.3 Å². The predicted octanol–water partition coefficient (Wildman–Crippen LogP) is 5.24. The number of para-hydroxylation sites is 1. The first-order valence-electron chi connectivity index (χ1n) is 12.5. The average Bonchev–Trinajstić information content (AvgIpc) is 2.95. The summed E-state index contributed by atoms with van der Waals surface area (Å²) in [6.45, 7) is 2.76. The number of anilines is 1. The highest BCUT2D eigenvalue weighted by Crippen LogP contribution is 2.23. The number of benzene rings is 4. The molecule has 1 aliphatic rings. The van der Waals surface area contributed by atoms with E-state index >= 15 is 0 Å². The van der Waals surface area contributed by atoms with Crippen LogP contribution in [0, 0.1) is 0 Å². The van der Waals surface area contributed by atoms with Gasteiger partial charge in [0.2, 0.25) is 10.0 Å². The van der Waals surface area contributed by atoms with Crippen LogP contribution in [0.5, 0.6) is 11.5 Å². The third-order valence-corrected chi connectivity index (χ3v) is 8.31. The summed E-state index contributed by atoms with van der Waals surface area (Å²) in [5.41, 5.74) is 2.25. The Morgan fingerprint density at radius 1 is 0.737 bits per heavy atom. The molecule has 0 saturated carbocycles. The largest absolute Gasteiger partial charge is 0.457 e. The molecular weight excluding hydrogens is 498 g/mol. The Kier molecular flexibility index (Phi) is 7.83. The molecule has 1 aliphatic heterocycles. The standard InChI is InChI=1S/C30H29N3O4S/c34-30(31-26-14-16-28(17-15-26)37-27-10-3-1-4-11-27)25-9-7-8-24(22-25)23-32-18-20-33(21-19-32)38(35,36)29-12-5-2-6-13-29/h1-17,22H,18-21,23H2,(H,31,34). The molecule has 1 saturated heterocycles. The SMILES string of the molecule is O=C(Nc1ccc(Oc2ccccc2)cc1)c1cccc(CN2CCN(S(=O)(=O)c3ccccc3)CC2)c1. The maximum atomic E-state index is 12.9. The predicted molar refractivity (Wildman–Crippen MR) is 148 cm³/mol. The zero-order valence-electron chi connectivity index (χ0n) is 20.9. The van der Waals surface area contributed by atoms with Gasteiger partial charge in [-0.25, -0.2) is 8.42 Å². The number of hydrogen-bond donors (Lipinski definition) is 1. The van der Waals surface area contributed by atoms with Crippen molar-refractivity contribution in [2.75, 3.05) is 31.5 Å². The third kappa shape index (κ3) is 6.28. The third-order valence-electron chi connectivity index (χ3n) is 6.40. The minimum atomic E-state index is -3.48. The average molecular weight is 528 g/mol. The monoisotopic (exact) mass is 527 g/mol. The number of sulfonamides is 1. The van der Waals surface area contributed by atoms with Crippen molar-refractivity contribution in [2.24, 2.45) is 0 Å². The van der Waals surface area contributed by atoms with Crippen LogP contribution < -0.4 is 10.1 Å². The van der Waals surface area contributed by atoms with Gasteiger partial charge in [0.05, 0.1) is 4.90 Å². The molecular formula is C30H29N3O4S. The van der Waals surface area contributed by atoms with Crippen LogP contribution in [0.25, 0.3) is 0 Å². The van der Waals surface area contributed by atoms with Crippen LogP contribution >= 0.6 is 0 Å². The fourth-order valence-corrected chi connectivity index (χ4v) is 5.82. The topological polar surface area (TPSA) is 79.0 Å². The van der Waals surface area contributed by atoms with E-state index in [-0.39, 0.29) is 5.91 Å². The van der Waals surface area contributed by atoms with Crippen LogP contribution in [0.1, 0.15) is 15.9 Å². The molecule has 0 aromatic heterocycles. The number of carbonyl (C=O) groups excluding carboxylic acids is 1. The molecule has 5 rings (SSSR count). The Balaban J connectivity index is 1.15. The minimum absolute atomic E-state index is 0.192. The summed E-state index contributed by atoms with van der Waals surface area (Å²) >= 11 is 0. The van der Waals surface area contributed by atoms with Gasteiger partial charge in [-0.15, -0.1) is 0 Å². The highest BCUT2D eigenvalue weighted by molar-refractivity contribution is 7.89. The molecule has 4 aromatic carbocycles.